The van der Waals surface area contributed by atoms with E-state index in [-0.39, 0.29) is 35.9 Å². The minimum Gasteiger partial charge on any atom is -0.550 e. The first-order chi connectivity index (χ1) is 22.8. The van der Waals surface area contributed by atoms with E-state index in [1.165, 1.54) is 140 Å². The summed E-state index contributed by atoms with van der Waals surface area (Å²) in [6.45, 7) is 15.9. The number of aryl methyl sites for hydroxylation is 1. The Kier molecular flexibility index (Phi) is 53.8. The summed E-state index contributed by atoms with van der Waals surface area (Å²) in [6, 6.07) is 6.89. The molecule has 0 spiro atoms. The normalized spacial score (nSPS) is 9.96. The molecule has 0 aliphatic heterocycles. The number of unbranched alkanes of at least 4 members (excludes halogenated alkanes) is 23. The molecular weight excluding hydrogens is 699 g/mol. The van der Waals surface area contributed by atoms with Crippen LogP contribution in [0.3, 0.4) is 0 Å². The number of hydrogen-bond acceptors (Lipinski definition) is 4. The van der Waals surface area contributed by atoms with E-state index in [9.17, 15) is 19.8 Å². The zero-order valence-corrected chi connectivity index (χ0v) is 35.2. The van der Waals surface area contributed by atoms with Crippen LogP contribution in [0.5, 0.6) is 0 Å². The molecule has 0 aliphatic carbocycles. The van der Waals surface area contributed by atoms with Gasteiger partial charge in [-0.3, -0.25) is 0 Å². The van der Waals surface area contributed by atoms with E-state index in [0.29, 0.717) is 0 Å². The molecule has 5 heteroatoms. The zero-order chi connectivity index (χ0) is 35.6. The summed E-state index contributed by atoms with van der Waals surface area (Å²) in [7, 11) is 0. The molecule has 0 atom stereocenters. The van der Waals surface area contributed by atoms with Gasteiger partial charge in [-0.05, 0) is 36.8 Å². The second-order valence-electron chi connectivity index (χ2n) is 13.0. The Balaban J connectivity index is -0.000000362. The Morgan fingerprint density at radius 3 is 1.02 bits per heavy atom. The summed E-state index contributed by atoms with van der Waals surface area (Å²) >= 11 is 0. The number of benzene rings is 1. The monoisotopic (exact) mass is 778 g/mol. The van der Waals surface area contributed by atoms with Crippen LogP contribution in [0.15, 0.2) is 24.3 Å². The molecular formula is C43H78O4Sn. The maximum atomic E-state index is 10.4. The molecule has 1 aromatic carbocycles. The Morgan fingerprint density at radius 2 is 0.771 bits per heavy atom. The summed E-state index contributed by atoms with van der Waals surface area (Å²) in [5.74, 6) is -2.01. The number of aliphatic carboxylic acids is 1. The predicted molar refractivity (Wildman–Crippen MR) is 208 cm³/mol. The molecule has 0 amide bonds. The standard InChI is InChI=1S/C24H48O2.C11H14O2.2C4H9.Sn/c1-2-3-4-5-6-7-8-9-10-11-12-13-14-15-16-17-18-19-20-21-22-23-24(25)26;1-2-3-4-9-5-7-10(8-6-9)11(12)13;2*1-3-4-2;/h2-23H2,1H3,(H,25,26);5-8H,2-4H2,1H3,(H,12,13);2*1,3-4H2,2H3;/q;;;;+2/p-2. The minimum absolute atomic E-state index is 0. The van der Waals surface area contributed by atoms with Gasteiger partial charge >= 0.3 is 23.9 Å². The first-order valence-electron chi connectivity index (χ1n) is 19.9. The molecule has 0 saturated heterocycles. The van der Waals surface area contributed by atoms with Crippen LogP contribution in [0.2, 0.25) is 0 Å². The number of carboxylic acids is 2. The molecule has 1 rings (SSSR count). The van der Waals surface area contributed by atoms with E-state index >= 15 is 0 Å². The SMILES string of the molecule is CCCCCCCCCCCCCCCCCCCCCCCC(=O)[O-].CCCCc1ccc(C(=O)[O-])cc1.[CH2]CCC.[CH2]CCC.[Sn+2]. The molecule has 0 fully saturated rings. The molecule has 0 heterocycles. The second-order valence-corrected chi connectivity index (χ2v) is 13.0. The summed E-state index contributed by atoms with van der Waals surface area (Å²) in [4.78, 5) is 20.7. The topological polar surface area (TPSA) is 80.3 Å². The molecule has 0 N–H and O–H groups in total. The smallest absolute Gasteiger partial charge is 0.550 e. The van der Waals surface area contributed by atoms with Gasteiger partial charge in [0, 0.05) is 5.97 Å². The van der Waals surface area contributed by atoms with E-state index in [1.807, 2.05) is 12.1 Å². The maximum Gasteiger partial charge on any atom is 2.00 e. The third kappa shape index (κ3) is 49.3. The Morgan fingerprint density at radius 1 is 0.479 bits per heavy atom. The van der Waals surface area contributed by atoms with Crippen LogP contribution < -0.4 is 10.2 Å². The van der Waals surface area contributed by atoms with Crippen molar-refractivity contribution in [3.8, 4) is 0 Å². The number of aromatic carboxylic acids is 1. The fourth-order valence-electron chi connectivity index (χ4n) is 4.89. The van der Waals surface area contributed by atoms with Crippen molar-refractivity contribution < 1.29 is 19.8 Å². The molecule has 278 valence electrons. The summed E-state index contributed by atoms with van der Waals surface area (Å²) in [5, 5.41) is 20.7. The third-order valence-corrected chi connectivity index (χ3v) is 8.20. The number of carboxylic acid groups (broad SMARTS) is 2. The van der Waals surface area contributed by atoms with Crippen molar-refractivity contribution in [1.29, 1.82) is 0 Å². The summed E-state index contributed by atoms with van der Waals surface area (Å²) < 4.78 is 0. The van der Waals surface area contributed by atoms with Gasteiger partial charge in [0.2, 0.25) is 0 Å². The first kappa shape index (κ1) is 53.7. The van der Waals surface area contributed by atoms with Crippen molar-refractivity contribution in [2.45, 2.75) is 214 Å². The van der Waals surface area contributed by atoms with Crippen molar-refractivity contribution in [1.82, 2.24) is 0 Å². The largest absolute Gasteiger partial charge is 2.00 e. The van der Waals surface area contributed by atoms with Crippen LogP contribution >= 0.6 is 0 Å². The molecule has 1 aromatic rings. The number of rotatable bonds is 28. The van der Waals surface area contributed by atoms with Crippen molar-refractivity contribution in [3.05, 3.63) is 49.2 Å². The van der Waals surface area contributed by atoms with Crippen LogP contribution in [0.4, 0.5) is 0 Å². The number of carbonyl (C=O) groups excluding carboxylic acids is 2. The molecule has 0 bridgehead atoms. The van der Waals surface area contributed by atoms with E-state index < -0.39 is 11.9 Å². The molecule has 4 radical (unpaired) electrons. The minimum atomic E-state index is -1.11. The van der Waals surface area contributed by atoms with Crippen LogP contribution in [0.1, 0.15) is 223 Å². The van der Waals surface area contributed by atoms with E-state index in [4.69, 9.17) is 0 Å². The molecule has 0 aliphatic rings. The molecule has 0 aromatic heterocycles. The van der Waals surface area contributed by atoms with Gasteiger partial charge in [-0.1, -0.05) is 226 Å². The van der Waals surface area contributed by atoms with Gasteiger partial charge in [0.1, 0.15) is 0 Å². The molecule has 4 nitrogen and oxygen atoms in total. The van der Waals surface area contributed by atoms with Gasteiger partial charge in [-0.25, -0.2) is 0 Å². The van der Waals surface area contributed by atoms with Crippen LogP contribution in [-0.2, 0) is 11.2 Å². The van der Waals surface area contributed by atoms with Crippen LogP contribution in [0, 0.1) is 13.8 Å². The van der Waals surface area contributed by atoms with Gasteiger partial charge in [0.25, 0.3) is 0 Å². The van der Waals surface area contributed by atoms with Crippen molar-refractivity contribution >= 4 is 35.8 Å². The average molecular weight is 778 g/mol. The van der Waals surface area contributed by atoms with Gasteiger partial charge < -0.3 is 19.8 Å². The van der Waals surface area contributed by atoms with Crippen LogP contribution in [0.25, 0.3) is 0 Å². The van der Waals surface area contributed by atoms with Crippen molar-refractivity contribution in [2.75, 3.05) is 0 Å². The van der Waals surface area contributed by atoms with Gasteiger partial charge in [0.05, 0.1) is 5.97 Å². The summed E-state index contributed by atoms with van der Waals surface area (Å²) in [6.07, 6.45) is 36.6. The predicted octanol–water partition coefficient (Wildman–Crippen LogP) is 11.6. The van der Waals surface area contributed by atoms with Gasteiger partial charge in [0.15, 0.2) is 0 Å². The Bertz CT molecular complexity index is 727. The Labute approximate surface area is 317 Å². The number of hydrogen-bond donors (Lipinski definition) is 0. The van der Waals surface area contributed by atoms with Crippen LogP contribution in [-0.4, -0.2) is 35.8 Å². The molecule has 48 heavy (non-hydrogen) atoms. The van der Waals surface area contributed by atoms with Crippen molar-refractivity contribution in [3.63, 3.8) is 0 Å². The fraction of sp³-hybridized carbons (Fsp3) is 0.767. The van der Waals surface area contributed by atoms with Gasteiger partial charge in [-0.2, -0.15) is 0 Å². The summed E-state index contributed by atoms with van der Waals surface area (Å²) in [5.41, 5.74) is 1.44. The number of carbonyl (C=O) groups is 2. The van der Waals surface area contributed by atoms with Crippen molar-refractivity contribution in [2.24, 2.45) is 0 Å². The fourth-order valence-corrected chi connectivity index (χ4v) is 4.89. The van der Waals surface area contributed by atoms with Gasteiger partial charge in [-0.15, -0.1) is 0 Å². The molecule has 0 unspecified atom stereocenters. The first-order valence-corrected chi connectivity index (χ1v) is 19.9. The second kappa shape index (κ2) is 48.1. The maximum absolute atomic E-state index is 10.4. The zero-order valence-electron chi connectivity index (χ0n) is 32.4. The van der Waals surface area contributed by atoms with E-state index in [1.54, 1.807) is 12.1 Å². The third-order valence-electron chi connectivity index (χ3n) is 8.20. The average Bonchev–Trinajstić information content (AvgIpc) is 3.08. The van der Waals surface area contributed by atoms with E-state index in [0.717, 1.165) is 44.9 Å². The molecule has 0 saturated carbocycles. The Hall–Kier alpha value is -1.04. The van der Waals surface area contributed by atoms with E-state index in [2.05, 4.69) is 41.5 Å². The quantitative estimate of drug-likeness (QED) is 0.0627.